The predicted molar refractivity (Wildman–Crippen MR) is 127 cm³/mol. The number of ether oxygens (including phenoxy) is 1. The highest BCUT2D eigenvalue weighted by Crippen LogP contribution is 2.38. The molecule has 0 spiro atoms. The number of nitrogens with zero attached hydrogens (tertiary/aromatic N) is 1. The summed E-state index contributed by atoms with van der Waals surface area (Å²) in [6.45, 7) is 1.67. The van der Waals surface area contributed by atoms with Gasteiger partial charge in [0.25, 0.3) is 0 Å². The van der Waals surface area contributed by atoms with Crippen LogP contribution in [0.2, 0.25) is 0 Å². The van der Waals surface area contributed by atoms with Gasteiger partial charge in [0, 0.05) is 24.7 Å². The zero-order valence-corrected chi connectivity index (χ0v) is 19.4. The van der Waals surface area contributed by atoms with Crippen LogP contribution in [0, 0.1) is 11.2 Å². The van der Waals surface area contributed by atoms with Crippen LogP contribution in [0.1, 0.15) is 35.2 Å². The van der Waals surface area contributed by atoms with Crippen molar-refractivity contribution in [3.63, 3.8) is 0 Å². The first-order valence-electron chi connectivity index (χ1n) is 10.6. The second-order valence-corrected chi connectivity index (χ2v) is 7.23. The van der Waals surface area contributed by atoms with Crippen molar-refractivity contribution in [3.8, 4) is 5.88 Å². The number of hydrogen-bond donors (Lipinski definition) is 3. The van der Waals surface area contributed by atoms with E-state index in [1.165, 1.54) is 30.8 Å². The van der Waals surface area contributed by atoms with Crippen LogP contribution in [0.3, 0.4) is 0 Å². The van der Waals surface area contributed by atoms with E-state index in [0.717, 1.165) is 6.07 Å². The molecule has 0 aliphatic heterocycles. The Balaban J connectivity index is 0.000000360. The summed E-state index contributed by atoms with van der Waals surface area (Å²) >= 11 is 0. The molecule has 0 radical (unpaired) electrons. The maximum atomic E-state index is 13.9. The number of nitrogens with one attached hydrogen (secondary N) is 3. The van der Waals surface area contributed by atoms with Crippen LogP contribution in [0.5, 0.6) is 5.88 Å². The van der Waals surface area contributed by atoms with Gasteiger partial charge >= 0.3 is 6.18 Å². The molecule has 1 aromatic heterocycles. The molecular formula is C25H26F4N4O2. The zero-order chi connectivity index (χ0) is 26.0. The van der Waals surface area contributed by atoms with Gasteiger partial charge in [-0.25, -0.2) is 4.39 Å². The zero-order valence-electron chi connectivity index (χ0n) is 19.4. The van der Waals surface area contributed by atoms with Gasteiger partial charge in [-0.1, -0.05) is 42.5 Å². The third kappa shape index (κ3) is 7.35. The molecule has 10 heteroatoms. The smallest absolute Gasteiger partial charge is 0.417 e. The van der Waals surface area contributed by atoms with E-state index in [1.54, 1.807) is 0 Å². The SMILES string of the molecule is CNC(C)c1ccccc1.CNc1nc(OCC=O)cc(C(F)(F)F)c1C(=N)c1ccccc1F. The average molecular weight is 491 g/mol. The highest BCUT2D eigenvalue weighted by molar-refractivity contribution is 6.14. The normalized spacial score (nSPS) is 11.6. The summed E-state index contributed by atoms with van der Waals surface area (Å²) < 4.78 is 59.2. The third-order valence-electron chi connectivity index (χ3n) is 4.96. The Kier molecular flexibility index (Phi) is 9.89. The number of aromatic nitrogens is 1. The lowest BCUT2D eigenvalue weighted by atomic mass is 9.97. The Morgan fingerprint density at radius 1 is 1.11 bits per heavy atom. The predicted octanol–water partition coefficient (Wildman–Crippen LogP) is 5.24. The summed E-state index contributed by atoms with van der Waals surface area (Å²) in [6, 6.07) is 16.5. The Morgan fingerprint density at radius 3 is 2.29 bits per heavy atom. The fourth-order valence-electron chi connectivity index (χ4n) is 3.08. The van der Waals surface area contributed by atoms with Gasteiger partial charge in [-0.15, -0.1) is 0 Å². The van der Waals surface area contributed by atoms with Crippen molar-refractivity contribution in [2.45, 2.75) is 19.1 Å². The van der Waals surface area contributed by atoms with Crippen molar-refractivity contribution < 1.29 is 27.1 Å². The van der Waals surface area contributed by atoms with E-state index in [0.29, 0.717) is 18.4 Å². The number of alkyl halides is 3. The lowest BCUT2D eigenvalue weighted by Gasteiger charge is -2.18. The summed E-state index contributed by atoms with van der Waals surface area (Å²) in [4.78, 5) is 14.2. The number of aldehydes is 1. The van der Waals surface area contributed by atoms with Crippen molar-refractivity contribution >= 4 is 17.8 Å². The number of benzene rings is 2. The maximum Gasteiger partial charge on any atom is 0.417 e. The van der Waals surface area contributed by atoms with Gasteiger partial charge in [-0.05, 0) is 31.7 Å². The molecular weight excluding hydrogens is 464 g/mol. The highest BCUT2D eigenvalue weighted by atomic mass is 19.4. The molecule has 3 N–H and O–H groups in total. The minimum absolute atomic E-state index is 0.298. The second kappa shape index (κ2) is 12.6. The quantitative estimate of drug-likeness (QED) is 0.228. The largest absolute Gasteiger partial charge is 0.470 e. The van der Waals surface area contributed by atoms with Gasteiger partial charge in [-0.3, -0.25) is 10.2 Å². The summed E-state index contributed by atoms with van der Waals surface area (Å²) in [6.07, 6.45) is -4.48. The minimum Gasteiger partial charge on any atom is -0.470 e. The number of rotatable bonds is 8. The standard InChI is InChI=1S/C16H13F4N3O2.C9H13N/c1-22-15-13(14(21)9-4-2-3-5-11(9)17)10(16(18,19)20)8-12(23-15)25-7-6-24;1-8(10-2)9-6-4-3-5-7-9/h2-6,8,21H,7H2,1H3,(H,22,23);3-8,10H,1-2H3. The molecule has 0 amide bonds. The Morgan fingerprint density at radius 2 is 1.74 bits per heavy atom. The third-order valence-corrected chi connectivity index (χ3v) is 4.96. The molecule has 0 aliphatic rings. The van der Waals surface area contributed by atoms with Crippen molar-refractivity contribution in [3.05, 3.63) is 88.7 Å². The molecule has 6 nitrogen and oxygen atoms in total. The van der Waals surface area contributed by atoms with E-state index in [1.807, 2.05) is 13.1 Å². The summed E-state index contributed by atoms with van der Waals surface area (Å²) in [5.74, 6) is -1.58. The molecule has 35 heavy (non-hydrogen) atoms. The van der Waals surface area contributed by atoms with E-state index in [4.69, 9.17) is 10.1 Å². The number of halogens is 4. The number of carbonyl (C=O) groups is 1. The van der Waals surface area contributed by atoms with E-state index in [9.17, 15) is 22.4 Å². The van der Waals surface area contributed by atoms with Crippen LogP contribution in [0.4, 0.5) is 23.4 Å². The van der Waals surface area contributed by atoms with Gasteiger partial charge in [0.1, 0.15) is 18.2 Å². The van der Waals surface area contributed by atoms with Crippen LogP contribution >= 0.6 is 0 Å². The van der Waals surface area contributed by atoms with Crippen LogP contribution in [0.25, 0.3) is 0 Å². The number of carbonyl (C=O) groups excluding carboxylic acids is 1. The minimum atomic E-state index is -4.85. The molecule has 0 saturated heterocycles. The van der Waals surface area contributed by atoms with Crippen molar-refractivity contribution in [1.82, 2.24) is 10.3 Å². The van der Waals surface area contributed by atoms with E-state index < -0.39 is 41.3 Å². The van der Waals surface area contributed by atoms with Gasteiger partial charge in [0.05, 0.1) is 16.8 Å². The monoisotopic (exact) mass is 490 g/mol. The maximum absolute atomic E-state index is 13.9. The lowest BCUT2D eigenvalue weighted by Crippen LogP contribution is -2.19. The molecule has 1 unspecified atom stereocenters. The molecule has 0 saturated carbocycles. The molecule has 3 aromatic rings. The second-order valence-electron chi connectivity index (χ2n) is 7.23. The molecule has 0 fully saturated rings. The topological polar surface area (TPSA) is 87.1 Å². The lowest BCUT2D eigenvalue weighted by molar-refractivity contribution is -0.137. The molecule has 0 aliphatic carbocycles. The summed E-state index contributed by atoms with van der Waals surface area (Å²) in [5, 5.41) is 13.7. The van der Waals surface area contributed by atoms with Gasteiger partial charge in [0.15, 0.2) is 6.29 Å². The van der Waals surface area contributed by atoms with Crippen LogP contribution < -0.4 is 15.4 Å². The van der Waals surface area contributed by atoms with Crippen molar-refractivity contribution in [1.29, 1.82) is 5.41 Å². The Labute approximate surface area is 200 Å². The first-order chi connectivity index (χ1) is 16.6. The van der Waals surface area contributed by atoms with E-state index in [2.05, 4.69) is 46.8 Å². The first kappa shape index (κ1) is 27.5. The molecule has 0 bridgehead atoms. The molecule has 1 heterocycles. The van der Waals surface area contributed by atoms with Gasteiger partial charge in [0.2, 0.25) is 5.88 Å². The van der Waals surface area contributed by atoms with Crippen LogP contribution in [0.15, 0.2) is 60.7 Å². The number of anilines is 1. The number of hydrogen-bond acceptors (Lipinski definition) is 6. The Bertz CT molecular complexity index is 1140. The van der Waals surface area contributed by atoms with Crippen LogP contribution in [-0.2, 0) is 11.0 Å². The Hall–Kier alpha value is -3.79. The number of pyridine rings is 1. The van der Waals surface area contributed by atoms with Crippen LogP contribution in [-0.4, -0.2) is 37.7 Å². The van der Waals surface area contributed by atoms with Gasteiger partial charge < -0.3 is 15.4 Å². The molecule has 3 rings (SSSR count). The molecule has 186 valence electrons. The summed E-state index contributed by atoms with van der Waals surface area (Å²) in [7, 11) is 3.28. The fourth-order valence-corrected chi connectivity index (χ4v) is 3.08. The summed E-state index contributed by atoms with van der Waals surface area (Å²) in [5.41, 5.74) is -1.47. The first-order valence-corrected chi connectivity index (χ1v) is 10.6. The van der Waals surface area contributed by atoms with Crippen molar-refractivity contribution in [2.24, 2.45) is 0 Å². The van der Waals surface area contributed by atoms with Gasteiger partial charge in [-0.2, -0.15) is 18.2 Å². The van der Waals surface area contributed by atoms with E-state index >= 15 is 0 Å². The van der Waals surface area contributed by atoms with E-state index in [-0.39, 0.29) is 11.4 Å². The highest BCUT2D eigenvalue weighted by Gasteiger charge is 2.37. The average Bonchev–Trinajstić information content (AvgIpc) is 2.86. The van der Waals surface area contributed by atoms with Crippen molar-refractivity contribution in [2.75, 3.05) is 26.0 Å². The fraction of sp³-hybridized carbons (Fsp3) is 0.240. The molecule has 2 aromatic carbocycles. The molecule has 1 atom stereocenters.